The first-order valence-electron chi connectivity index (χ1n) is 1.70. The second kappa shape index (κ2) is 69.7. The molecule has 19 heteroatoms. The summed E-state index contributed by atoms with van der Waals surface area (Å²) in [6.07, 6.45) is 0. The van der Waals surface area contributed by atoms with Crippen LogP contribution in [0.4, 0.5) is 0 Å². The molecule has 0 aromatic heterocycles. The van der Waals surface area contributed by atoms with Gasteiger partial charge in [0, 0.05) is 0 Å². The first-order valence-corrected chi connectivity index (χ1v) is 1.70. The van der Waals surface area contributed by atoms with Crippen molar-refractivity contribution in [3.63, 3.8) is 0 Å². The van der Waals surface area contributed by atoms with Gasteiger partial charge in [-0.15, -0.1) is 30.3 Å². The van der Waals surface area contributed by atoms with Crippen molar-refractivity contribution in [2.75, 3.05) is 0 Å². The van der Waals surface area contributed by atoms with E-state index in [1.54, 1.807) is 0 Å². The van der Waals surface area contributed by atoms with Gasteiger partial charge in [-0.3, -0.25) is 0 Å². The normalized spacial score (nSPS) is 3.79. The van der Waals surface area contributed by atoms with Crippen molar-refractivity contribution in [1.29, 1.82) is 0 Å². The summed E-state index contributed by atoms with van der Waals surface area (Å²) >= 11 is 0. The summed E-state index contributed by atoms with van der Waals surface area (Å²) in [7, 11) is 0. The Kier molecular flexibility index (Phi) is 307. The summed E-state index contributed by atoms with van der Waals surface area (Å²) in [5.41, 5.74) is 0. The fourth-order valence-electron chi connectivity index (χ4n) is 0. The van der Waals surface area contributed by atoms with Gasteiger partial charge in [0.1, 0.15) is 0 Å². The molecule has 15 N–H and O–H groups in total. The van der Waals surface area contributed by atoms with Gasteiger partial charge >= 0.3 is 38.6 Å². The fourth-order valence-corrected chi connectivity index (χ4v) is 0. The Labute approximate surface area is 132 Å². The summed E-state index contributed by atoms with van der Waals surface area (Å²) in [6, 6.07) is 0. The van der Waals surface area contributed by atoms with Gasteiger partial charge < -0.3 is 48.5 Å². The zero-order valence-corrected chi connectivity index (χ0v) is 10.6. The molecule has 0 saturated carbocycles. The van der Waals surface area contributed by atoms with Gasteiger partial charge in [0.2, 0.25) is 0 Å². The average molecular weight is 456 g/mol. The average Bonchev–Trinajstić information content (AvgIpc) is 1.54. The molecule has 0 radical (unpaired) electrons. The van der Waals surface area contributed by atoms with Crippen molar-refractivity contribution in [1.82, 2.24) is 0 Å². The molecule has 0 rings (SSSR count). The van der Waals surface area contributed by atoms with Gasteiger partial charge in [0.15, 0.2) is 0 Å². The number of hydrogen-bond acceptors (Lipinski definition) is 6. The minimum atomic E-state index is -1.50. The third kappa shape index (κ3) is 1950. The zero-order valence-electron chi connectivity index (χ0n) is 8.47. The van der Waals surface area contributed by atoms with Gasteiger partial charge in [-0.25, -0.2) is 0 Å². The molecule has 0 aliphatic heterocycles. The molecule has 0 unspecified atom stereocenters. The van der Waals surface area contributed by atoms with Crippen LogP contribution in [-0.2, 0) is 0 Å². The summed E-state index contributed by atoms with van der Waals surface area (Å²) in [4.78, 5) is 25.1. The van der Waals surface area contributed by atoms with Gasteiger partial charge in [0.25, 0.3) is 15.3 Å². The molecule has 0 aromatic carbocycles. The van der Waals surface area contributed by atoms with Crippen LogP contribution >= 0.6 is 0 Å². The smallest absolute Gasteiger partial charge is 0.412 e. The SMILES string of the molecule is O.O.O.O.O.O.O=[N+]([O-])O.O=[N+]([O-])O.O=[N+]([O-])O.[Tb+3]. The molecule has 126 valence electrons. The van der Waals surface area contributed by atoms with E-state index in [-0.39, 0.29) is 71.5 Å². The van der Waals surface area contributed by atoms with Crippen molar-refractivity contribution in [2.45, 2.75) is 0 Å². The molecule has 0 spiro atoms. The number of hydrogen-bond donors (Lipinski definition) is 3. The summed E-state index contributed by atoms with van der Waals surface area (Å²) < 4.78 is 0. The number of rotatable bonds is 0. The predicted octanol–water partition coefficient (Wildman–Crippen LogP) is -5.99. The Balaban J connectivity index is -0.00000000675. The maximum atomic E-state index is 8.36. The molecule has 0 aromatic rings. The molecule has 0 atom stereocenters. The van der Waals surface area contributed by atoms with E-state index in [0.29, 0.717) is 0 Å². The molecule has 18 nitrogen and oxygen atoms in total. The molecule has 0 heterocycles. The van der Waals surface area contributed by atoms with Crippen molar-refractivity contribution in [2.24, 2.45) is 0 Å². The Morgan fingerprint density at radius 3 is 0.526 bits per heavy atom. The molecule has 0 fully saturated rings. The Morgan fingerprint density at radius 2 is 0.526 bits per heavy atom. The maximum Gasteiger partial charge on any atom is 3.00 e. The van der Waals surface area contributed by atoms with E-state index in [0.717, 1.165) is 0 Å². The quantitative estimate of drug-likeness (QED) is 0.230. The Morgan fingerprint density at radius 1 is 0.526 bits per heavy atom. The second-order valence-electron chi connectivity index (χ2n) is 0.714. The fraction of sp³-hybridized carbons (Fsp3) is 0. The maximum absolute atomic E-state index is 8.36. The van der Waals surface area contributed by atoms with E-state index in [4.69, 9.17) is 46.0 Å². The third-order valence-electron chi connectivity index (χ3n) is 0. The van der Waals surface area contributed by atoms with Crippen molar-refractivity contribution < 1.29 is 102 Å². The molecule has 19 heavy (non-hydrogen) atoms. The van der Waals surface area contributed by atoms with Crippen molar-refractivity contribution >= 4 is 0 Å². The van der Waals surface area contributed by atoms with Crippen LogP contribution in [0.3, 0.4) is 0 Å². The van der Waals surface area contributed by atoms with Gasteiger partial charge in [-0.05, 0) is 0 Å². The molecule has 0 saturated heterocycles. The Hall–Kier alpha value is -1.35. The van der Waals surface area contributed by atoms with E-state index >= 15 is 0 Å². The third-order valence-corrected chi connectivity index (χ3v) is 0. The molecular formula is H15N3O15Tb+3. The molecular weight excluding hydrogens is 441 g/mol. The van der Waals surface area contributed by atoms with Gasteiger partial charge in [-0.1, -0.05) is 0 Å². The van der Waals surface area contributed by atoms with E-state index in [1.807, 2.05) is 0 Å². The summed E-state index contributed by atoms with van der Waals surface area (Å²) in [5.74, 6) is 0. The minimum absolute atomic E-state index is 0. The van der Waals surface area contributed by atoms with Gasteiger partial charge in [0.05, 0.1) is 0 Å². The van der Waals surface area contributed by atoms with Crippen LogP contribution in [0, 0.1) is 69.0 Å². The van der Waals surface area contributed by atoms with Crippen molar-refractivity contribution in [3.8, 4) is 0 Å². The van der Waals surface area contributed by atoms with E-state index in [2.05, 4.69) is 0 Å². The first kappa shape index (κ1) is 83.6. The zero-order chi connectivity index (χ0) is 10.7. The van der Waals surface area contributed by atoms with Crippen LogP contribution in [0.2, 0.25) is 0 Å². The van der Waals surface area contributed by atoms with Crippen LogP contribution in [0.25, 0.3) is 0 Å². The second-order valence-corrected chi connectivity index (χ2v) is 0.714. The van der Waals surface area contributed by atoms with Crippen LogP contribution in [0.1, 0.15) is 0 Å². The topological polar surface area (TPSA) is 379 Å². The van der Waals surface area contributed by atoms with Crippen LogP contribution in [-0.4, -0.2) is 63.7 Å². The van der Waals surface area contributed by atoms with Crippen molar-refractivity contribution in [3.05, 3.63) is 30.3 Å². The summed E-state index contributed by atoms with van der Waals surface area (Å²) in [6.45, 7) is 0. The first-order chi connectivity index (χ1) is 5.20. The largest absolute Gasteiger partial charge is 3.00 e. The van der Waals surface area contributed by atoms with E-state index in [9.17, 15) is 0 Å². The number of nitrogens with zero attached hydrogens (tertiary/aromatic N) is 3. The molecule has 0 bridgehead atoms. The van der Waals surface area contributed by atoms with Crippen LogP contribution < -0.4 is 0 Å². The molecule has 0 amide bonds. The molecule has 0 aliphatic carbocycles. The summed E-state index contributed by atoms with van der Waals surface area (Å²) in [5, 5.41) is 40.9. The van der Waals surface area contributed by atoms with Crippen LogP contribution in [0.5, 0.6) is 0 Å². The predicted molar refractivity (Wildman–Crippen MR) is 48.0 cm³/mol. The van der Waals surface area contributed by atoms with Crippen LogP contribution in [0.15, 0.2) is 0 Å². The van der Waals surface area contributed by atoms with Gasteiger partial charge in [-0.2, -0.15) is 0 Å². The van der Waals surface area contributed by atoms with E-state index in [1.165, 1.54) is 0 Å². The monoisotopic (exact) mass is 456 g/mol. The minimum Gasteiger partial charge on any atom is -0.412 e. The van der Waals surface area contributed by atoms with E-state index < -0.39 is 15.3 Å². The Bertz CT molecular complexity index is 115. The standard InChI is InChI=1S/3HNO3.6H2O.Tb/c3*2-1(3)4;;;;;;;/h3*(H,2,3,4);6*1H2;/q;;;;;;;;;+3. The molecule has 0 aliphatic rings.